The lowest BCUT2D eigenvalue weighted by molar-refractivity contribution is -0.142. The van der Waals surface area contributed by atoms with Gasteiger partial charge in [-0.05, 0) is 56.3 Å². The van der Waals surface area contributed by atoms with Crippen LogP contribution in [0, 0.1) is 23.2 Å². The fourth-order valence-corrected chi connectivity index (χ4v) is 6.55. The van der Waals surface area contributed by atoms with Crippen molar-refractivity contribution in [1.82, 2.24) is 4.57 Å². The van der Waals surface area contributed by atoms with Gasteiger partial charge in [0.25, 0.3) is 5.91 Å². The van der Waals surface area contributed by atoms with Gasteiger partial charge in [0.2, 0.25) is 0 Å². The second kappa shape index (κ2) is 6.39. The summed E-state index contributed by atoms with van der Waals surface area (Å²) in [4.78, 5) is 18.5. The minimum Gasteiger partial charge on any atom is -0.383 e. The number of aromatic nitrogens is 1. The quantitative estimate of drug-likeness (QED) is 0.887. The van der Waals surface area contributed by atoms with Crippen LogP contribution < -0.4 is 10.5 Å². The number of rotatable bonds is 5. The first-order chi connectivity index (χ1) is 11.6. The molecule has 0 aliphatic heterocycles. The van der Waals surface area contributed by atoms with Crippen LogP contribution in [-0.2, 0) is 22.6 Å². The fourth-order valence-electron chi connectivity index (χ4n) is 5.62. The number of hydrogen-bond donors (Lipinski definition) is 1. The molecule has 1 aromatic rings. The lowest BCUT2D eigenvalue weighted by atomic mass is 9.49. The molecule has 1 heterocycles. The highest BCUT2D eigenvalue weighted by molar-refractivity contribution is 7.07. The highest BCUT2D eigenvalue weighted by atomic mass is 32.1. The molecule has 4 bridgehead atoms. The van der Waals surface area contributed by atoms with Crippen molar-refractivity contribution in [2.75, 3.05) is 13.7 Å². The first kappa shape index (κ1) is 16.5. The van der Waals surface area contributed by atoms with E-state index in [1.165, 1.54) is 30.6 Å². The summed E-state index contributed by atoms with van der Waals surface area (Å²) in [6.45, 7) is 1.75. The van der Waals surface area contributed by atoms with Crippen molar-refractivity contribution in [3.05, 3.63) is 15.9 Å². The SMILES string of the molecule is COCCn1c(CN)csc1=NC(=O)C12CC3CC(CC(C3)C1)C2. The third-order valence-corrected chi connectivity index (χ3v) is 7.21. The van der Waals surface area contributed by atoms with E-state index >= 15 is 0 Å². The number of hydrogen-bond acceptors (Lipinski definition) is 4. The van der Waals surface area contributed by atoms with Crippen molar-refractivity contribution in [3.8, 4) is 0 Å². The molecular weight excluding hydrogens is 322 g/mol. The summed E-state index contributed by atoms with van der Waals surface area (Å²) in [5, 5.41) is 2.02. The van der Waals surface area contributed by atoms with Crippen LogP contribution in [0.25, 0.3) is 0 Å². The van der Waals surface area contributed by atoms with Gasteiger partial charge in [0, 0.05) is 31.3 Å². The Hall–Kier alpha value is -0.980. The van der Waals surface area contributed by atoms with Crippen molar-refractivity contribution in [3.63, 3.8) is 0 Å². The number of carbonyl (C=O) groups excluding carboxylic acids is 1. The lowest BCUT2D eigenvalue weighted by Crippen LogP contribution is -2.50. The van der Waals surface area contributed by atoms with E-state index in [2.05, 4.69) is 4.99 Å². The average molecular weight is 350 g/mol. The first-order valence-electron chi connectivity index (χ1n) is 9.09. The van der Waals surface area contributed by atoms with E-state index in [4.69, 9.17) is 10.5 Å². The van der Waals surface area contributed by atoms with Gasteiger partial charge in [-0.3, -0.25) is 4.79 Å². The number of ether oxygens (including phenoxy) is 1. The average Bonchev–Trinajstić information content (AvgIpc) is 2.93. The Morgan fingerprint density at radius 3 is 2.50 bits per heavy atom. The highest BCUT2D eigenvalue weighted by Crippen LogP contribution is 2.60. The summed E-state index contributed by atoms with van der Waals surface area (Å²) >= 11 is 1.52. The maximum absolute atomic E-state index is 13.2. The monoisotopic (exact) mass is 349 g/mol. The van der Waals surface area contributed by atoms with E-state index in [1.807, 2.05) is 9.95 Å². The van der Waals surface area contributed by atoms with Gasteiger partial charge >= 0.3 is 0 Å². The Kier molecular flexibility index (Phi) is 4.39. The Labute approximate surface area is 146 Å². The molecule has 0 unspecified atom stereocenters. The number of methoxy groups -OCH3 is 1. The topological polar surface area (TPSA) is 69.6 Å². The number of nitrogens with zero attached hydrogens (tertiary/aromatic N) is 2. The third-order valence-electron chi connectivity index (χ3n) is 6.30. The summed E-state index contributed by atoms with van der Waals surface area (Å²) in [6, 6.07) is 0. The van der Waals surface area contributed by atoms with Gasteiger partial charge < -0.3 is 15.0 Å². The predicted octanol–water partition coefficient (Wildman–Crippen LogP) is 2.30. The second-order valence-corrected chi connectivity index (χ2v) is 8.81. The van der Waals surface area contributed by atoms with Crippen molar-refractivity contribution < 1.29 is 9.53 Å². The smallest absolute Gasteiger partial charge is 0.254 e. The molecule has 4 aliphatic rings. The molecule has 24 heavy (non-hydrogen) atoms. The zero-order valence-corrected chi connectivity index (χ0v) is 15.2. The molecule has 0 spiro atoms. The molecule has 5 rings (SSSR count). The van der Waals surface area contributed by atoms with Gasteiger partial charge in [-0.25, -0.2) is 0 Å². The number of carbonyl (C=O) groups is 1. The molecule has 2 N–H and O–H groups in total. The number of thiazole rings is 1. The van der Waals surface area contributed by atoms with Gasteiger partial charge in [-0.15, -0.1) is 11.3 Å². The number of nitrogens with two attached hydrogens (primary N) is 1. The molecular formula is C18H27N3O2S. The normalized spacial score (nSPS) is 34.9. The van der Waals surface area contributed by atoms with E-state index in [9.17, 15) is 4.79 Å². The van der Waals surface area contributed by atoms with Gasteiger partial charge in [-0.1, -0.05) is 0 Å². The van der Waals surface area contributed by atoms with E-state index in [-0.39, 0.29) is 11.3 Å². The molecule has 4 fully saturated rings. The Morgan fingerprint density at radius 1 is 1.33 bits per heavy atom. The van der Waals surface area contributed by atoms with Gasteiger partial charge in [0.15, 0.2) is 4.80 Å². The second-order valence-electron chi connectivity index (χ2n) is 7.97. The zero-order valence-electron chi connectivity index (χ0n) is 14.4. The molecule has 6 heteroatoms. The molecule has 4 saturated carbocycles. The summed E-state index contributed by atoms with van der Waals surface area (Å²) < 4.78 is 7.24. The molecule has 5 nitrogen and oxygen atoms in total. The molecule has 0 radical (unpaired) electrons. The first-order valence-corrected chi connectivity index (χ1v) is 9.97. The van der Waals surface area contributed by atoms with Crippen LogP contribution in [0.15, 0.2) is 10.4 Å². The van der Waals surface area contributed by atoms with Crippen LogP contribution >= 0.6 is 11.3 Å². The van der Waals surface area contributed by atoms with Crippen molar-refractivity contribution in [1.29, 1.82) is 0 Å². The van der Waals surface area contributed by atoms with Gasteiger partial charge in [-0.2, -0.15) is 4.99 Å². The van der Waals surface area contributed by atoms with Crippen molar-refractivity contribution >= 4 is 17.2 Å². The van der Waals surface area contributed by atoms with Crippen LogP contribution in [0.1, 0.15) is 44.2 Å². The largest absolute Gasteiger partial charge is 0.383 e. The minimum atomic E-state index is -0.166. The summed E-state index contributed by atoms with van der Waals surface area (Å²) in [6.07, 6.45) is 7.22. The predicted molar refractivity (Wildman–Crippen MR) is 93.3 cm³/mol. The minimum absolute atomic E-state index is 0.123. The van der Waals surface area contributed by atoms with Crippen molar-refractivity contribution in [2.45, 2.75) is 51.6 Å². The Bertz CT molecular complexity index is 655. The zero-order chi connectivity index (χ0) is 16.7. The van der Waals surface area contributed by atoms with Gasteiger partial charge in [0.05, 0.1) is 12.0 Å². The van der Waals surface area contributed by atoms with E-state index in [0.717, 1.165) is 47.5 Å². The molecule has 1 aromatic heterocycles. The van der Waals surface area contributed by atoms with Crippen molar-refractivity contribution in [2.24, 2.45) is 33.9 Å². The highest BCUT2D eigenvalue weighted by Gasteiger charge is 2.54. The van der Waals surface area contributed by atoms with E-state index < -0.39 is 0 Å². The van der Waals surface area contributed by atoms with Crippen LogP contribution in [0.2, 0.25) is 0 Å². The summed E-state index contributed by atoms with van der Waals surface area (Å²) in [5.41, 5.74) is 6.69. The molecule has 4 aliphatic carbocycles. The third kappa shape index (κ3) is 2.78. The maximum Gasteiger partial charge on any atom is 0.254 e. The Balaban J connectivity index is 1.64. The van der Waals surface area contributed by atoms with Crippen LogP contribution in [0.3, 0.4) is 0 Å². The lowest BCUT2D eigenvalue weighted by Gasteiger charge is -2.55. The fraction of sp³-hybridized carbons (Fsp3) is 0.778. The molecule has 0 saturated heterocycles. The van der Waals surface area contributed by atoms with E-state index in [0.29, 0.717) is 19.7 Å². The molecule has 0 atom stereocenters. The number of amides is 1. The van der Waals surface area contributed by atoms with Crippen LogP contribution in [0.4, 0.5) is 0 Å². The van der Waals surface area contributed by atoms with Crippen LogP contribution in [-0.4, -0.2) is 24.2 Å². The Morgan fingerprint density at radius 2 is 1.96 bits per heavy atom. The molecule has 1 amide bonds. The molecule has 132 valence electrons. The van der Waals surface area contributed by atoms with Gasteiger partial charge in [0.1, 0.15) is 0 Å². The van der Waals surface area contributed by atoms with Crippen LogP contribution in [0.5, 0.6) is 0 Å². The maximum atomic E-state index is 13.2. The van der Waals surface area contributed by atoms with E-state index in [1.54, 1.807) is 7.11 Å². The summed E-state index contributed by atoms with van der Waals surface area (Å²) in [5.74, 6) is 2.41. The molecule has 0 aromatic carbocycles. The standard InChI is InChI=1S/C18H27N3O2S/c1-23-3-2-21-15(10-19)11-24-17(21)20-16(22)18-7-12-4-13(8-18)6-14(5-12)9-18/h11-14H,2-10,19H2,1H3. The summed E-state index contributed by atoms with van der Waals surface area (Å²) in [7, 11) is 1.69.